The van der Waals surface area contributed by atoms with E-state index in [1.807, 2.05) is 170 Å². The van der Waals surface area contributed by atoms with E-state index < -0.39 is 18.6 Å². The highest BCUT2D eigenvalue weighted by molar-refractivity contribution is 8.29. The summed E-state index contributed by atoms with van der Waals surface area (Å²) < 4.78 is 50.5. The Morgan fingerprint density at radius 2 is 0.732 bits per heavy atom. The third kappa shape index (κ3) is 7.83. The van der Waals surface area contributed by atoms with Crippen LogP contribution < -0.4 is 9.80 Å². The summed E-state index contributed by atoms with van der Waals surface area (Å²) in [7, 11) is -7.46. The topological polar surface area (TPSA) is 77.9 Å². The molecule has 0 aliphatic rings. The Morgan fingerprint density at radius 1 is 0.446 bits per heavy atom. The number of hydrogen-bond acceptors (Lipinski definition) is 8. The van der Waals surface area contributed by atoms with E-state index in [0.29, 0.717) is 19.5 Å². The highest BCUT2D eigenvalue weighted by Gasteiger charge is 2.25. The van der Waals surface area contributed by atoms with Crippen LogP contribution in [-0.4, -0.2) is 23.4 Å². The van der Waals surface area contributed by atoms with Crippen LogP contribution in [0.4, 0.5) is 34.1 Å². The average molecular weight is 827 g/mol. The highest BCUT2D eigenvalue weighted by Crippen LogP contribution is 2.48. The van der Waals surface area contributed by atoms with Crippen LogP contribution in [0.3, 0.4) is 0 Å². The van der Waals surface area contributed by atoms with E-state index in [-0.39, 0.29) is 9.79 Å². The molecule has 2 aromatic heterocycles. The maximum atomic E-state index is 13.3. The first-order chi connectivity index (χ1) is 27.0. The van der Waals surface area contributed by atoms with E-state index in [2.05, 4.69) is 9.80 Å². The average Bonchev–Trinajstić information content (AvgIpc) is 3.88. The van der Waals surface area contributed by atoms with Crippen molar-refractivity contribution in [3.63, 3.8) is 0 Å². The number of nitrogens with zero attached hydrogens (tertiary/aromatic N) is 2. The summed E-state index contributed by atoms with van der Waals surface area (Å²) in [6.45, 7) is 0. The number of sulfone groups is 1. The monoisotopic (exact) mass is 826 g/mol. The minimum Gasteiger partial charge on any atom is -0.311 e. The maximum absolute atomic E-state index is 13.3. The molecule has 0 aliphatic carbocycles. The van der Waals surface area contributed by atoms with Gasteiger partial charge in [-0.05, 0) is 96.1 Å². The molecule has 1 atom stereocenters. The third-order valence-electron chi connectivity index (χ3n) is 9.15. The van der Waals surface area contributed by atoms with Gasteiger partial charge in [0.05, 0.1) is 19.5 Å². The van der Waals surface area contributed by atoms with Crippen LogP contribution in [-0.2, 0) is 29.8 Å². The van der Waals surface area contributed by atoms with Crippen molar-refractivity contribution < 1.29 is 17.2 Å². The molecular weight excluding hydrogens is 793 g/mol. The standard InChI is InChI=1S/C45H34N2O4S5/c1-55(48,49)42-30-40(53-44(42)32-22-26-38(27-23-32)46(34-14-6-2-7-15-34)35-16-8-3-9-17-35)41-31-43(56(50,51)52)45(54-41)33-24-28-39(29-25-33)47(36-18-10-4-11-19-36)37-20-12-5-13-21-37/h2-31H,1H3,(H,50,51,52). The molecule has 56 heavy (non-hydrogen) atoms. The first-order valence-corrected chi connectivity index (χ1v) is 23.5. The zero-order valence-corrected chi connectivity index (χ0v) is 34.0. The van der Waals surface area contributed by atoms with Gasteiger partial charge in [-0.15, -0.1) is 22.7 Å². The molecule has 11 heteroatoms. The molecule has 0 amide bonds. The van der Waals surface area contributed by atoms with E-state index >= 15 is 0 Å². The molecule has 8 aromatic rings. The lowest BCUT2D eigenvalue weighted by atomic mass is 10.1. The van der Waals surface area contributed by atoms with Crippen molar-refractivity contribution in [3.05, 3.63) is 182 Å². The molecule has 278 valence electrons. The quantitative estimate of drug-likeness (QED) is 0.139. The summed E-state index contributed by atoms with van der Waals surface area (Å²) in [6, 6.07) is 59.1. The van der Waals surface area contributed by atoms with Gasteiger partial charge in [0, 0.05) is 61.3 Å². The number of anilines is 6. The second-order valence-corrected chi connectivity index (χ2v) is 19.8. The van der Waals surface area contributed by atoms with Gasteiger partial charge in [0.15, 0.2) is 18.6 Å². The van der Waals surface area contributed by atoms with Crippen molar-refractivity contribution >= 4 is 86.6 Å². The summed E-state index contributed by atoms with van der Waals surface area (Å²) in [5, 5.41) is 0. The van der Waals surface area contributed by atoms with Gasteiger partial charge >= 0.3 is 0 Å². The normalized spacial score (nSPS) is 12.5. The highest BCUT2D eigenvalue weighted by atomic mass is 32.8. The zero-order chi connectivity index (χ0) is 38.9. The molecule has 0 spiro atoms. The molecule has 0 aliphatic heterocycles. The summed E-state index contributed by atoms with van der Waals surface area (Å²) in [6.07, 6.45) is 1.20. The second kappa shape index (κ2) is 15.6. The van der Waals surface area contributed by atoms with Crippen LogP contribution in [0.5, 0.6) is 0 Å². The smallest absolute Gasteiger partial charge is 0.176 e. The fourth-order valence-corrected chi connectivity index (χ4v) is 11.9. The largest absolute Gasteiger partial charge is 0.311 e. The fourth-order valence-electron chi connectivity index (χ4n) is 6.59. The molecule has 6 nitrogen and oxygen atoms in total. The van der Waals surface area contributed by atoms with E-state index in [1.54, 1.807) is 12.1 Å². The van der Waals surface area contributed by atoms with Crippen molar-refractivity contribution in [1.29, 1.82) is 0 Å². The Bertz CT molecular complexity index is 2550. The molecule has 0 saturated heterocycles. The van der Waals surface area contributed by atoms with Gasteiger partial charge in [-0.3, -0.25) is 0 Å². The van der Waals surface area contributed by atoms with E-state index in [4.69, 9.17) is 11.2 Å². The SMILES string of the molecule is CS(=O)(=O)c1cc(-c2cc(S(=O)(O)=S)c(-c3ccc(N(c4ccccc4)c4ccccc4)cc3)s2)sc1-c1ccc(N(c2ccccc2)c2ccccc2)cc1. The Kier molecular flexibility index (Phi) is 10.5. The van der Waals surface area contributed by atoms with Gasteiger partial charge in [-0.25, -0.2) is 12.6 Å². The van der Waals surface area contributed by atoms with Crippen LogP contribution in [0.1, 0.15) is 0 Å². The van der Waals surface area contributed by atoms with Gasteiger partial charge in [-0.1, -0.05) is 97.1 Å². The summed E-state index contributed by atoms with van der Waals surface area (Å²) >= 11 is 7.80. The number of benzene rings is 6. The van der Waals surface area contributed by atoms with Gasteiger partial charge in [-0.2, -0.15) is 0 Å². The van der Waals surface area contributed by atoms with Crippen LogP contribution in [0, 0.1) is 0 Å². The molecule has 2 heterocycles. The van der Waals surface area contributed by atoms with Crippen LogP contribution in [0.25, 0.3) is 30.6 Å². The van der Waals surface area contributed by atoms with E-state index in [0.717, 1.165) is 45.3 Å². The molecule has 1 unspecified atom stereocenters. The van der Waals surface area contributed by atoms with Gasteiger partial charge in [0.25, 0.3) is 0 Å². The lowest BCUT2D eigenvalue weighted by Crippen LogP contribution is -2.09. The fraction of sp³-hybridized carbons (Fsp3) is 0.0222. The number of para-hydroxylation sites is 4. The van der Waals surface area contributed by atoms with Crippen molar-refractivity contribution in [1.82, 2.24) is 0 Å². The Labute approximate surface area is 340 Å². The molecule has 1 N–H and O–H groups in total. The maximum Gasteiger partial charge on any atom is 0.176 e. The van der Waals surface area contributed by atoms with E-state index in [9.17, 15) is 17.2 Å². The van der Waals surface area contributed by atoms with Crippen molar-refractivity contribution in [2.45, 2.75) is 9.79 Å². The molecule has 0 fully saturated rings. The van der Waals surface area contributed by atoms with Crippen LogP contribution in [0.15, 0.2) is 192 Å². The molecule has 0 radical (unpaired) electrons. The van der Waals surface area contributed by atoms with Crippen molar-refractivity contribution in [2.24, 2.45) is 0 Å². The number of hydrogen-bond donors (Lipinski definition) is 1. The summed E-state index contributed by atoms with van der Waals surface area (Å²) in [5.74, 6) is 0. The van der Waals surface area contributed by atoms with E-state index in [1.165, 1.54) is 28.9 Å². The summed E-state index contributed by atoms with van der Waals surface area (Å²) in [4.78, 5) is 7.06. The zero-order valence-electron chi connectivity index (χ0n) is 29.9. The first kappa shape index (κ1) is 37.5. The van der Waals surface area contributed by atoms with Crippen molar-refractivity contribution in [3.8, 4) is 30.6 Å². The number of thiophene rings is 2. The van der Waals surface area contributed by atoms with Crippen LogP contribution in [0.2, 0.25) is 0 Å². The summed E-state index contributed by atoms with van der Waals surface area (Å²) in [5.41, 5.74) is 7.27. The predicted octanol–water partition coefficient (Wildman–Crippen LogP) is 12.7. The minimum absolute atomic E-state index is 0.130. The molecule has 8 rings (SSSR count). The molecule has 6 aromatic carbocycles. The molecule has 0 saturated carbocycles. The van der Waals surface area contributed by atoms with Crippen molar-refractivity contribution in [2.75, 3.05) is 16.1 Å². The lowest BCUT2D eigenvalue weighted by Gasteiger charge is -2.25. The van der Waals surface area contributed by atoms with Gasteiger partial charge in [0.1, 0.15) is 0 Å². The number of rotatable bonds is 11. The Morgan fingerprint density at radius 3 is 1.04 bits per heavy atom. The van der Waals surface area contributed by atoms with Gasteiger partial charge < -0.3 is 14.4 Å². The Balaban J connectivity index is 1.17. The molecular formula is C45H34N2O4S5. The predicted molar refractivity (Wildman–Crippen MR) is 237 cm³/mol. The van der Waals surface area contributed by atoms with Gasteiger partial charge in [0.2, 0.25) is 0 Å². The minimum atomic E-state index is -3.81. The second-order valence-electron chi connectivity index (χ2n) is 13.0. The molecule has 0 bridgehead atoms. The third-order valence-corrected chi connectivity index (χ3v) is 14.5. The van der Waals surface area contributed by atoms with Crippen LogP contribution >= 0.6 is 22.7 Å². The Hall–Kier alpha value is -5.40. The lowest BCUT2D eigenvalue weighted by molar-refractivity contribution is 0.562. The first-order valence-electron chi connectivity index (χ1n) is 17.5.